The second-order valence-electron chi connectivity index (χ2n) is 10.0. The van der Waals surface area contributed by atoms with Gasteiger partial charge in [0.15, 0.2) is 0 Å². The fraction of sp³-hybridized carbons (Fsp3) is 1.00. The van der Waals surface area contributed by atoms with Gasteiger partial charge in [-0.15, -0.1) is 0 Å². The van der Waals surface area contributed by atoms with E-state index in [1.807, 2.05) is 0 Å². The number of hydrogen-bond acceptors (Lipinski definition) is 3. The molecule has 3 heteroatoms. The predicted octanol–water partition coefficient (Wildman–Crippen LogP) is 3.13. The number of aliphatic hydroxyl groups is 2. The fourth-order valence-electron chi connectivity index (χ4n) is 7.97. The lowest BCUT2D eigenvalue weighted by atomic mass is 9.44. The molecule has 0 radical (unpaired) electrons. The number of ether oxygens (including phenoxy) is 1. The summed E-state index contributed by atoms with van der Waals surface area (Å²) in [5.74, 6) is 2.91. The third-order valence-electron chi connectivity index (χ3n) is 9.50. The summed E-state index contributed by atoms with van der Waals surface area (Å²) in [6.45, 7) is 5.34. The van der Waals surface area contributed by atoms with E-state index in [0.717, 1.165) is 37.7 Å². The topological polar surface area (TPSA) is 49.7 Å². The van der Waals surface area contributed by atoms with Gasteiger partial charge in [0.2, 0.25) is 0 Å². The molecule has 1 spiro atoms. The Labute approximate surface area is 139 Å². The van der Waals surface area contributed by atoms with E-state index >= 15 is 0 Å². The Bertz CT molecular complexity index is 517. The largest absolute Gasteiger partial charge is 0.390 e. The van der Waals surface area contributed by atoms with Crippen molar-refractivity contribution in [1.29, 1.82) is 0 Å². The van der Waals surface area contributed by atoms with E-state index in [9.17, 15) is 10.2 Å². The highest BCUT2D eigenvalue weighted by atomic mass is 16.5. The fourth-order valence-corrected chi connectivity index (χ4v) is 7.97. The first-order valence-electron chi connectivity index (χ1n) is 9.89. The lowest BCUT2D eigenvalue weighted by Crippen LogP contribution is -2.57. The Morgan fingerprint density at radius 2 is 1.78 bits per heavy atom. The average Bonchev–Trinajstić information content (AvgIpc) is 3.00. The number of aliphatic hydroxyl groups excluding tert-OH is 1. The minimum absolute atomic E-state index is 0.102. The minimum Gasteiger partial charge on any atom is -0.390 e. The molecule has 130 valence electrons. The lowest BCUT2D eigenvalue weighted by Gasteiger charge is -2.60. The summed E-state index contributed by atoms with van der Waals surface area (Å²) in [5, 5.41) is 21.3. The van der Waals surface area contributed by atoms with E-state index in [1.54, 1.807) is 0 Å². The van der Waals surface area contributed by atoms with Gasteiger partial charge in [0.05, 0.1) is 24.4 Å². The standard InChI is InChI=1S/C20H32O3/c1-18-7-5-15-13(14(18)6-8-19(18,2)22)4-3-12-9-16(21)17-10-20(12,15)11-23-17/h12-17,21-22H,3-11H2,1-2H3/t12-,13-,14-,15-,16+,17-,18-,19-,20+/m0/s1. The van der Waals surface area contributed by atoms with Gasteiger partial charge in [0.1, 0.15) is 0 Å². The van der Waals surface area contributed by atoms with Crippen LogP contribution in [0.1, 0.15) is 65.2 Å². The summed E-state index contributed by atoms with van der Waals surface area (Å²) >= 11 is 0. The molecule has 0 amide bonds. The molecule has 5 fully saturated rings. The Kier molecular flexibility index (Phi) is 2.99. The molecular formula is C20H32O3. The summed E-state index contributed by atoms with van der Waals surface area (Å²) in [5.41, 5.74) is -0.0120. The first kappa shape index (κ1) is 15.2. The van der Waals surface area contributed by atoms with Crippen LogP contribution in [0.5, 0.6) is 0 Å². The molecule has 3 nitrogen and oxygen atoms in total. The van der Waals surface area contributed by atoms with Crippen LogP contribution < -0.4 is 0 Å². The molecule has 23 heavy (non-hydrogen) atoms. The molecule has 0 aromatic rings. The van der Waals surface area contributed by atoms with Gasteiger partial charge in [0, 0.05) is 5.41 Å². The molecule has 0 aromatic heterocycles. The number of rotatable bonds is 0. The third kappa shape index (κ3) is 1.72. The van der Waals surface area contributed by atoms with Crippen LogP contribution in [0.3, 0.4) is 0 Å². The molecule has 9 atom stereocenters. The highest BCUT2D eigenvalue weighted by Crippen LogP contribution is 2.69. The average molecular weight is 320 g/mol. The van der Waals surface area contributed by atoms with E-state index in [1.165, 1.54) is 32.1 Å². The monoisotopic (exact) mass is 320 g/mol. The van der Waals surface area contributed by atoms with Crippen molar-refractivity contribution in [3.63, 3.8) is 0 Å². The first-order chi connectivity index (χ1) is 10.9. The van der Waals surface area contributed by atoms with Crippen molar-refractivity contribution in [2.45, 2.75) is 83.0 Å². The minimum atomic E-state index is -0.478. The van der Waals surface area contributed by atoms with E-state index < -0.39 is 5.60 Å². The van der Waals surface area contributed by atoms with Gasteiger partial charge in [-0.2, -0.15) is 0 Å². The van der Waals surface area contributed by atoms with Crippen molar-refractivity contribution in [3.05, 3.63) is 0 Å². The Morgan fingerprint density at radius 3 is 2.61 bits per heavy atom. The molecule has 1 heterocycles. The molecule has 0 unspecified atom stereocenters. The normalized spacial score (nSPS) is 64.2. The van der Waals surface area contributed by atoms with Gasteiger partial charge in [-0.25, -0.2) is 0 Å². The molecular weight excluding hydrogens is 288 g/mol. The maximum Gasteiger partial charge on any atom is 0.0840 e. The summed E-state index contributed by atoms with van der Waals surface area (Å²) in [4.78, 5) is 0. The van der Waals surface area contributed by atoms with Gasteiger partial charge in [-0.05, 0) is 87.4 Å². The predicted molar refractivity (Wildman–Crippen MR) is 87.8 cm³/mol. The number of fused-ring (bicyclic) bond motifs is 4. The van der Waals surface area contributed by atoms with Crippen LogP contribution in [0.4, 0.5) is 0 Å². The first-order valence-corrected chi connectivity index (χ1v) is 9.89. The van der Waals surface area contributed by atoms with Gasteiger partial charge in [-0.3, -0.25) is 0 Å². The Morgan fingerprint density at radius 1 is 1.00 bits per heavy atom. The maximum absolute atomic E-state index is 11.0. The van der Waals surface area contributed by atoms with Gasteiger partial charge >= 0.3 is 0 Å². The third-order valence-corrected chi connectivity index (χ3v) is 9.50. The molecule has 2 N–H and O–H groups in total. The van der Waals surface area contributed by atoms with Crippen molar-refractivity contribution < 1.29 is 14.9 Å². The summed E-state index contributed by atoms with van der Waals surface area (Å²) in [6.07, 6.45) is 9.13. The van der Waals surface area contributed by atoms with E-state index in [2.05, 4.69) is 13.8 Å². The molecule has 1 saturated heterocycles. The van der Waals surface area contributed by atoms with Gasteiger partial charge in [0.25, 0.3) is 0 Å². The lowest BCUT2D eigenvalue weighted by molar-refractivity contribution is -0.148. The summed E-state index contributed by atoms with van der Waals surface area (Å²) < 4.78 is 6.08. The molecule has 5 rings (SSSR count). The highest BCUT2D eigenvalue weighted by Gasteiger charge is 2.66. The molecule has 0 aromatic carbocycles. The smallest absolute Gasteiger partial charge is 0.0840 e. The zero-order valence-corrected chi connectivity index (χ0v) is 14.6. The highest BCUT2D eigenvalue weighted by molar-refractivity contribution is 5.15. The summed E-state index contributed by atoms with van der Waals surface area (Å²) in [6, 6.07) is 0. The maximum atomic E-state index is 11.0. The van der Waals surface area contributed by atoms with Crippen LogP contribution in [0, 0.1) is 34.5 Å². The van der Waals surface area contributed by atoms with Crippen LogP contribution in [0.25, 0.3) is 0 Å². The number of hydrogen-bond donors (Lipinski definition) is 2. The van der Waals surface area contributed by atoms with Crippen LogP contribution in [0.2, 0.25) is 0 Å². The van der Waals surface area contributed by atoms with Gasteiger partial charge in [-0.1, -0.05) is 6.92 Å². The van der Waals surface area contributed by atoms with Crippen molar-refractivity contribution in [2.75, 3.05) is 6.61 Å². The van der Waals surface area contributed by atoms with Crippen LogP contribution in [-0.2, 0) is 4.74 Å². The molecule has 2 bridgehead atoms. The Balaban J connectivity index is 1.50. The SMILES string of the molecule is C[C@]1(O)CC[C@H]2[C@@H]3CC[C@H]4C[C@@H](O)[C@@H]5C[C@]4(CO5)[C@H]3CC[C@@]21C. The quantitative estimate of drug-likeness (QED) is 0.721. The van der Waals surface area contributed by atoms with Crippen molar-refractivity contribution in [2.24, 2.45) is 34.5 Å². The molecule has 1 aliphatic heterocycles. The van der Waals surface area contributed by atoms with Gasteiger partial charge < -0.3 is 14.9 Å². The van der Waals surface area contributed by atoms with Crippen LogP contribution >= 0.6 is 0 Å². The zero-order valence-electron chi connectivity index (χ0n) is 14.6. The van der Waals surface area contributed by atoms with E-state index in [-0.39, 0.29) is 17.6 Å². The van der Waals surface area contributed by atoms with E-state index in [4.69, 9.17) is 4.74 Å². The molecule has 5 aliphatic rings. The van der Waals surface area contributed by atoms with Crippen molar-refractivity contribution in [1.82, 2.24) is 0 Å². The zero-order chi connectivity index (χ0) is 16.0. The Hall–Kier alpha value is -0.120. The van der Waals surface area contributed by atoms with E-state index in [0.29, 0.717) is 17.3 Å². The van der Waals surface area contributed by atoms with Crippen LogP contribution in [-0.4, -0.2) is 34.6 Å². The molecule has 4 aliphatic carbocycles. The summed E-state index contributed by atoms with van der Waals surface area (Å²) in [7, 11) is 0. The van der Waals surface area contributed by atoms with Crippen LogP contribution in [0.15, 0.2) is 0 Å². The van der Waals surface area contributed by atoms with Crippen molar-refractivity contribution in [3.8, 4) is 0 Å². The second kappa shape index (κ2) is 4.53. The van der Waals surface area contributed by atoms with Crippen molar-refractivity contribution >= 4 is 0 Å². The molecule has 4 saturated carbocycles. The second-order valence-corrected chi connectivity index (χ2v) is 10.0.